The van der Waals surface area contributed by atoms with Crippen LogP contribution in [0.15, 0.2) is 108 Å². The molecule has 0 aliphatic rings. The fourth-order valence-corrected chi connectivity index (χ4v) is 7.21. The Hall–Kier alpha value is -5.18. The minimum atomic E-state index is -1.11. The average molecular weight is 826 g/mol. The number of amides is 2. The number of halogens is 4. The molecule has 54 heavy (non-hydrogen) atoms. The van der Waals surface area contributed by atoms with Gasteiger partial charge in [-0.05, 0) is 41.5 Å². The van der Waals surface area contributed by atoms with Gasteiger partial charge in [0.1, 0.15) is 16.5 Å². The van der Waals surface area contributed by atoms with Crippen molar-refractivity contribution in [1.82, 2.24) is 20.6 Å². The van der Waals surface area contributed by atoms with E-state index in [0.717, 1.165) is 11.1 Å². The molecule has 0 bridgehead atoms. The van der Waals surface area contributed by atoms with E-state index in [2.05, 4.69) is 20.6 Å². The van der Waals surface area contributed by atoms with Crippen molar-refractivity contribution < 1.29 is 33.8 Å². The lowest BCUT2D eigenvalue weighted by molar-refractivity contribution is -0.138. The van der Waals surface area contributed by atoms with Crippen LogP contribution in [0, 0.1) is 5.82 Å². The molecule has 0 saturated carbocycles. The molecule has 10 nitrogen and oxygen atoms in total. The predicted octanol–water partition coefficient (Wildman–Crippen LogP) is 9.61. The molecule has 0 spiro atoms. The van der Waals surface area contributed by atoms with Crippen LogP contribution in [-0.2, 0) is 9.59 Å². The third-order valence-electron chi connectivity index (χ3n) is 7.55. The van der Waals surface area contributed by atoms with Crippen molar-refractivity contribution in [1.29, 1.82) is 0 Å². The number of nitrogens with one attached hydrogen (secondary N) is 2. The van der Waals surface area contributed by atoms with Crippen molar-refractivity contribution in [2.24, 2.45) is 0 Å². The zero-order valence-electron chi connectivity index (χ0n) is 27.7. The molecule has 0 unspecified atom stereocenters. The summed E-state index contributed by atoms with van der Waals surface area (Å²) in [5.41, 5.74) is 3.32. The lowest BCUT2D eigenvalue weighted by Gasteiger charge is -2.18. The minimum Gasteiger partial charge on any atom is -0.481 e. The van der Waals surface area contributed by atoms with Gasteiger partial charge in [0.2, 0.25) is 0 Å². The topological polar surface area (TPSA) is 159 Å². The highest BCUT2D eigenvalue weighted by molar-refractivity contribution is 7.13. The fraction of sp³-hybridized carbons (Fsp3) is 0.105. The Kier molecular flexibility index (Phi) is 13.9. The molecule has 2 amide bonds. The molecule has 2 heterocycles. The summed E-state index contributed by atoms with van der Waals surface area (Å²) in [4.78, 5) is 56.2. The number of rotatable bonds is 12. The van der Waals surface area contributed by atoms with Crippen molar-refractivity contribution in [2.45, 2.75) is 24.9 Å². The summed E-state index contributed by atoms with van der Waals surface area (Å²) in [5.74, 6) is -3.68. The first-order valence-electron chi connectivity index (χ1n) is 15.8. The van der Waals surface area contributed by atoms with Gasteiger partial charge >= 0.3 is 11.9 Å². The Morgan fingerprint density at radius 2 is 1.37 bits per heavy atom. The smallest absolute Gasteiger partial charge is 0.305 e. The maximum atomic E-state index is 13.5. The minimum absolute atomic E-state index is 0.154. The monoisotopic (exact) mass is 824 g/mol. The lowest BCUT2D eigenvalue weighted by atomic mass is 10.0. The molecular weight excluding hydrogens is 798 g/mol. The van der Waals surface area contributed by atoms with Crippen molar-refractivity contribution in [2.75, 3.05) is 0 Å². The van der Waals surface area contributed by atoms with Crippen LogP contribution < -0.4 is 10.6 Å². The van der Waals surface area contributed by atoms with Crippen molar-refractivity contribution in [3.63, 3.8) is 0 Å². The second-order valence-corrected chi connectivity index (χ2v) is 14.3. The second-order valence-electron chi connectivity index (χ2n) is 11.4. The normalized spacial score (nSPS) is 11.8. The molecular formula is C38H28Cl3FN4O6S2. The molecule has 4 N–H and O–H groups in total. The molecule has 6 rings (SSSR count). The highest BCUT2D eigenvalue weighted by atomic mass is 35.5. The second kappa shape index (κ2) is 18.7. The van der Waals surface area contributed by atoms with Crippen molar-refractivity contribution in [3.8, 4) is 21.8 Å². The number of aliphatic carboxylic acids is 2. The Morgan fingerprint density at radius 1 is 0.704 bits per heavy atom. The number of carbonyl (C=O) groups excluding carboxylic acids is 2. The Labute approximate surface area is 331 Å². The summed E-state index contributed by atoms with van der Waals surface area (Å²) in [6.07, 6.45) is -0.705. The Morgan fingerprint density at radius 3 is 2.07 bits per heavy atom. The maximum Gasteiger partial charge on any atom is 0.305 e. The molecule has 6 aromatic rings. The quantitative estimate of drug-likeness (QED) is 0.0950. The molecule has 276 valence electrons. The number of hydrogen-bond acceptors (Lipinski definition) is 8. The van der Waals surface area contributed by atoms with Gasteiger partial charge in [-0.3, -0.25) is 19.2 Å². The lowest BCUT2D eigenvalue weighted by Crippen LogP contribution is -2.30. The first-order chi connectivity index (χ1) is 25.9. The zero-order chi connectivity index (χ0) is 38.8. The summed E-state index contributed by atoms with van der Waals surface area (Å²) < 4.78 is 13.5. The number of thiazole rings is 2. The molecule has 16 heteroatoms. The molecule has 0 aliphatic heterocycles. The van der Waals surface area contributed by atoms with E-state index < -0.39 is 41.7 Å². The van der Waals surface area contributed by atoms with Gasteiger partial charge in [-0.1, -0.05) is 102 Å². The van der Waals surface area contributed by atoms with Crippen molar-refractivity contribution in [3.05, 3.63) is 151 Å². The van der Waals surface area contributed by atoms with Gasteiger partial charge in [0.25, 0.3) is 11.8 Å². The number of hydrogen-bond donors (Lipinski definition) is 4. The third kappa shape index (κ3) is 10.9. The van der Waals surface area contributed by atoms with Gasteiger partial charge < -0.3 is 20.8 Å². The zero-order valence-corrected chi connectivity index (χ0v) is 31.6. The number of benzene rings is 4. The van der Waals surface area contributed by atoms with E-state index in [9.17, 15) is 28.7 Å². The van der Waals surface area contributed by atoms with Crippen LogP contribution in [0.1, 0.15) is 56.3 Å². The van der Waals surface area contributed by atoms with Crippen LogP contribution in [0.5, 0.6) is 0 Å². The molecule has 2 atom stereocenters. The number of aromatic nitrogens is 2. The maximum absolute atomic E-state index is 13.5. The molecule has 0 radical (unpaired) electrons. The van der Waals surface area contributed by atoms with E-state index in [0.29, 0.717) is 31.9 Å². The van der Waals surface area contributed by atoms with Crippen LogP contribution in [0.2, 0.25) is 15.1 Å². The Balaban J connectivity index is 0.000000208. The van der Waals surface area contributed by atoms with E-state index in [-0.39, 0.29) is 28.6 Å². The Bertz CT molecular complexity index is 2290. The van der Waals surface area contributed by atoms with Crippen LogP contribution >= 0.6 is 57.5 Å². The van der Waals surface area contributed by atoms with E-state index in [1.807, 2.05) is 36.4 Å². The number of carboxylic acid groups (broad SMARTS) is 2. The van der Waals surface area contributed by atoms with Gasteiger partial charge in [-0.25, -0.2) is 14.4 Å². The summed E-state index contributed by atoms with van der Waals surface area (Å²) in [6, 6.07) is 25.2. The van der Waals surface area contributed by atoms with E-state index >= 15 is 0 Å². The highest BCUT2D eigenvalue weighted by Gasteiger charge is 2.24. The summed E-state index contributed by atoms with van der Waals surface area (Å²) in [7, 11) is 0. The standard InChI is InChI=1S/C19H14Cl2N2O3S.C19H14ClFN2O3S/c20-13-8-4-7-12(17(13)21)14(9-16(24)25)22-18(26)19-23-15(10-27-19)11-5-2-1-3-6-11;20-13-5-1-4-12(7-13)19-23-16(10-27-19)18(26)22-15(9-17(24)25)11-3-2-6-14(21)8-11/h1-8,10,14H,9H2,(H,22,26)(H,24,25);1-8,10,15H,9H2,(H,22,26)(H,24,25)/t14-;15-/m00/s1. The molecule has 4 aromatic carbocycles. The van der Waals surface area contributed by atoms with Crippen LogP contribution in [0.3, 0.4) is 0 Å². The van der Waals surface area contributed by atoms with Crippen LogP contribution in [0.4, 0.5) is 4.39 Å². The van der Waals surface area contributed by atoms with Gasteiger partial charge in [0.15, 0.2) is 5.01 Å². The average Bonchev–Trinajstić information content (AvgIpc) is 3.84. The fourth-order valence-electron chi connectivity index (χ4n) is 5.06. The van der Waals surface area contributed by atoms with Crippen LogP contribution in [0.25, 0.3) is 21.8 Å². The first kappa shape index (κ1) is 40.0. The molecule has 0 fully saturated rings. The SMILES string of the molecule is O=C(O)C[C@H](NC(=O)c1csc(-c2cccc(Cl)c2)n1)c1cccc(F)c1.O=C(O)C[C@H](NC(=O)c1nc(-c2ccccc2)cs1)c1cccc(Cl)c1Cl. The van der Waals surface area contributed by atoms with Crippen LogP contribution in [-0.4, -0.2) is 43.9 Å². The third-order valence-corrected chi connectivity index (χ3v) is 10.4. The van der Waals surface area contributed by atoms with E-state index in [1.165, 1.54) is 40.9 Å². The first-order valence-corrected chi connectivity index (χ1v) is 18.7. The van der Waals surface area contributed by atoms with Gasteiger partial charge in [-0.15, -0.1) is 22.7 Å². The molecule has 0 saturated heterocycles. The van der Waals surface area contributed by atoms with Gasteiger partial charge in [0.05, 0.1) is 40.7 Å². The summed E-state index contributed by atoms with van der Waals surface area (Å²) >= 11 is 20.6. The number of carboxylic acids is 2. The molecule has 2 aromatic heterocycles. The van der Waals surface area contributed by atoms with E-state index in [4.69, 9.17) is 39.9 Å². The van der Waals surface area contributed by atoms with Gasteiger partial charge in [-0.2, -0.15) is 0 Å². The number of carbonyl (C=O) groups is 4. The largest absolute Gasteiger partial charge is 0.481 e. The van der Waals surface area contributed by atoms with Crippen molar-refractivity contribution >= 4 is 81.2 Å². The van der Waals surface area contributed by atoms with Gasteiger partial charge in [0, 0.05) is 26.9 Å². The summed E-state index contributed by atoms with van der Waals surface area (Å²) in [6.45, 7) is 0. The van der Waals surface area contributed by atoms with E-state index in [1.54, 1.807) is 53.2 Å². The summed E-state index contributed by atoms with van der Waals surface area (Å²) in [5, 5.41) is 28.9. The molecule has 0 aliphatic carbocycles. The number of nitrogens with zero attached hydrogens (tertiary/aromatic N) is 2. The predicted molar refractivity (Wildman–Crippen MR) is 208 cm³/mol. The highest BCUT2D eigenvalue weighted by Crippen LogP contribution is 2.32.